The van der Waals surface area contributed by atoms with E-state index in [2.05, 4.69) is 11.2 Å². The number of hydrogen-bond acceptors (Lipinski definition) is 3. The normalized spacial score (nSPS) is 28.4. The van der Waals surface area contributed by atoms with Crippen LogP contribution in [-0.2, 0) is 11.3 Å². The van der Waals surface area contributed by atoms with E-state index in [4.69, 9.17) is 28.5 Å². The van der Waals surface area contributed by atoms with Gasteiger partial charge in [0.2, 0.25) is 5.91 Å². The molecule has 4 aliphatic rings. The van der Waals surface area contributed by atoms with E-state index in [1.807, 2.05) is 46.1 Å². The van der Waals surface area contributed by atoms with E-state index in [1.165, 1.54) is 0 Å². The van der Waals surface area contributed by atoms with Crippen LogP contribution in [0.5, 0.6) is 0 Å². The van der Waals surface area contributed by atoms with Crippen LogP contribution in [0.15, 0.2) is 42.6 Å². The summed E-state index contributed by atoms with van der Waals surface area (Å²) in [7, 11) is 0. The summed E-state index contributed by atoms with van der Waals surface area (Å²) < 4.78 is 2.03. The Labute approximate surface area is 190 Å². The van der Waals surface area contributed by atoms with Crippen molar-refractivity contribution in [2.45, 2.75) is 38.3 Å². The molecule has 0 spiro atoms. The monoisotopic (exact) mass is 450 g/mol. The maximum atomic E-state index is 13.4. The fraction of sp³-hybridized carbons (Fsp3) is 0.375. The molecule has 7 rings (SSSR count). The molecule has 2 heterocycles. The van der Waals surface area contributed by atoms with Crippen molar-refractivity contribution in [3.8, 4) is 6.07 Å². The lowest BCUT2D eigenvalue weighted by atomic mass is 9.34. The molecule has 3 aliphatic carbocycles. The summed E-state index contributed by atoms with van der Waals surface area (Å²) in [4.78, 5) is 15.4. The number of rotatable bonds is 4. The number of halogens is 2. The predicted molar refractivity (Wildman–Crippen MR) is 119 cm³/mol. The summed E-state index contributed by atoms with van der Waals surface area (Å²) in [6, 6.07) is 13.5. The highest BCUT2D eigenvalue weighted by molar-refractivity contribution is 6.42. The molecule has 7 heteroatoms. The fourth-order valence-corrected chi connectivity index (χ4v) is 6.46. The molecule has 2 aromatic carbocycles. The average molecular weight is 451 g/mol. The summed E-state index contributed by atoms with van der Waals surface area (Å²) in [5.74, 6) is 0.269. The Hall–Kier alpha value is -2.55. The van der Waals surface area contributed by atoms with E-state index >= 15 is 0 Å². The Morgan fingerprint density at radius 1 is 1.23 bits per heavy atom. The van der Waals surface area contributed by atoms with Crippen molar-refractivity contribution in [1.29, 1.82) is 5.26 Å². The Bertz CT molecular complexity index is 1270. The molecular formula is C24H20Cl2N4O. The van der Waals surface area contributed by atoms with Crippen LogP contribution in [0, 0.1) is 22.2 Å². The van der Waals surface area contributed by atoms with E-state index in [-0.39, 0.29) is 22.8 Å². The van der Waals surface area contributed by atoms with Gasteiger partial charge in [-0.05, 0) is 60.9 Å². The number of amides is 1. The molecule has 1 unspecified atom stereocenters. The molecule has 156 valence electrons. The topological polar surface area (TPSA) is 61.9 Å². The van der Waals surface area contributed by atoms with E-state index < -0.39 is 0 Å². The molecule has 1 atom stereocenters. The molecule has 3 saturated carbocycles. The van der Waals surface area contributed by atoms with Crippen LogP contribution in [0.2, 0.25) is 10.0 Å². The van der Waals surface area contributed by atoms with Gasteiger partial charge in [-0.25, -0.2) is 0 Å². The third-order valence-electron chi connectivity index (χ3n) is 7.47. The number of carbonyl (C=O) groups is 1. The van der Waals surface area contributed by atoms with Crippen LogP contribution < -0.4 is 0 Å². The van der Waals surface area contributed by atoms with Gasteiger partial charge in [-0.1, -0.05) is 35.3 Å². The first-order chi connectivity index (χ1) is 14.9. The highest BCUT2D eigenvalue weighted by Crippen LogP contribution is 2.75. The van der Waals surface area contributed by atoms with Crippen LogP contribution in [0.4, 0.5) is 0 Å². The van der Waals surface area contributed by atoms with Crippen LogP contribution in [-0.4, -0.2) is 27.1 Å². The Kier molecular flexibility index (Phi) is 4.00. The SMILES string of the molecule is N#Cc1ccc2c(cnn2CC23CC(C(=O)N4CCC4c4cccc(Cl)c4Cl)(C2)C3)c1. The lowest BCUT2D eigenvalue weighted by Gasteiger charge is -2.70. The number of hydrogen-bond donors (Lipinski definition) is 0. The number of fused-ring (bicyclic) bond motifs is 1. The average Bonchev–Trinajstić information content (AvgIpc) is 3.07. The standard InChI is InChI=1S/C24H20Cl2N4O/c25-18-3-1-2-17(21(18)26)20-6-7-29(20)22(31)24-11-23(12-24,13-24)14-30-19-5-4-15(9-27)8-16(19)10-28-30/h1-5,8,10,20H,6-7,11-14H2. The predicted octanol–water partition coefficient (Wildman–Crippen LogP) is 5.36. The quantitative estimate of drug-likeness (QED) is 0.537. The van der Waals surface area contributed by atoms with Gasteiger partial charge in [0, 0.05) is 18.5 Å². The molecule has 31 heavy (non-hydrogen) atoms. The highest BCUT2D eigenvalue weighted by Gasteiger charge is 2.72. The maximum Gasteiger partial charge on any atom is 0.229 e. The van der Waals surface area contributed by atoms with Gasteiger partial charge in [0.05, 0.1) is 44.8 Å². The second-order valence-corrected chi connectivity index (χ2v) is 10.2. The number of nitrogens with zero attached hydrogens (tertiary/aromatic N) is 4. The molecule has 0 N–H and O–H groups in total. The van der Waals surface area contributed by atoms with Crippen molar-refractivity contribution in [2.24, 2.45) is 10.8 Å². The van der Waals surface area contributed by atoms with Crippen molar-refractivity contribution in [3.05, 3.63) is 63.8 Å². The van der Waals surface area contributed by atoms with Gasteiger partial charge in [0.25, 0.3) is 0 Å². The van der Waals surface area contributed by atoms with E-state index in [9.17, 15) is 4.79 Å². The van der Waals surface area contributed by atoms with Crippen LogP contribution in [0.1, 0.15) is 42.9 Å². The molecule has 2 bridgehead atoms. The summed E-state index contributed by atoms with van der Waals surface area (Å²) in [6.07, 6.45) is 5.51. The molecule has 0 radical (unpaired) electrons. The zero-order valence-electron chi connectivity index (χ0n) is 16.8. The van der Waals surface area contributed by atoms with Gasteiger partial charge < -0.3 is 4.90 Å². The number of nitriles is 1. The van der Waals surface area contributed by atoms with Gasteiger partial charge in [-0.2, -0.15) is 10.4 Å². The zero-order chi connectivity index (χ0) is 21.4. The summed E-state index contributed by atoms with van der Waals surface area (Å²) >= 11 is 12.6. The Morgan fingerprint density at radius 2 is 2.03 bits per heavy atom. The smallest absolute Gasteiger partial charge is 0.229 e. The molecule has 1 amide bonds. The molecule has 5 nitrogen and oxygen atoms in total. The third kappa shape index (κ3) is 2.68. The minimum atomic E-state index is -0.208. The fourth-order valence-electron chi connectivity index (χ4n) is 6.03. The Morgan fingerprint density at radius 3 is 2.74 bits per heavy atom. The van der Waals surface area contributed by atoms with Crippen LogP contribution >= 0.6 is 23.2 Å². The van der Waals surface area contributed by atoms with Gasteiger partial charge >= 0.3 is 0 Å². The van der Waals surface area contributed by atoms with E-state index in [0.717, 1.165) is 55.2 Å². The lowest BCUT2D eigenvalue weighted by Crippen LogP contribution is -2.70. The number of carbonyl (C=O) groups excluding carboxylic acids is 1. The van der Waals surface area contributed by atoms with Crippen molar-refractivity contribution in [3.63, 3.8) is 0 Å². The first-order valence-corrected chi connectivity index (χ1v) is 11.3. The first-order valence-electron chi connectivity index (χ1n) is 10.5. The number of likely N-dealkylation sites (tertiary alicyclic amines) is 1. The van der Waals surface area contributed by atoms with Gasteiger partial charge in [-0.3, -0.25) is 9.48 Å². The molecular weight excluding hydrogens is 431 g/mol. The van der Waals surface area contributed by atoms with E-state index in [1.54, 1.807) is 6.07 Å². The molecule has 1 aliphatic heterocycles. The largest absolute Gasteiger partial charge is 0.335 e. The van der Waals surface area contributed by atoms with Crippen LogP contribution in [0.3, 0.4) is 0 Å². The van der Waals surface area contributed by atoms with Gasteiger partial charge in [-0.15, -0.1) is 0 Å². The van der Waals surface area contributed by atoms with Gasteiger partial charge in [0.1, 0.15) is 0 Å². The Balaban J connectivity index is 1.16. The zero-order valence-corrected chi connectivity index (χ0v) is 18.3. The molecule has 3 aromatic rings. The molecule has 1 aromatic heterocycles. The minimum absolute atomic E-state index is 0.0352. The summed E-state index contributed by atoms with van der Waals surface area (Å²) in [5.41, 5.74) is 2.60. The summed E-state index contributed by atoms with van der Waals surface area (Å²) in [5, 5.41) is 15.7. The van der Waals surface area contributed by atoms with Crippen LogP contribution in [0.25, 0.3) is 10.9 Å². The minimum Gasteiger partial charge on any atom is -0.335 e. The molecule has 4 fully saturated rings. The lowest BCUT2D eigenvalue weighted by molar-refractivity contribution is -0.227. The van der Waals surface area contributed by atoms with Crippen molar-refractivity contribution in [2.75, 3.05) is 6.54 Å². The summed E-state index contributed by atoms with van der Waals surface area (Å²) in [6.45, 7) is 1.60. The van der Waals surface area contributed by atoms with Crippen molar-refractivity contribution >= 4 is 40.0 Å². The number of benzene rings is 2. The second kappa shape index (κ2) is 6.48. The van der Waals surface area contributed by atoms with Crippen molar-refractivity contribution in [1.82, 2.24) is 14.7 Å². The first kappa shape index (κ1) is 19.2. The third-order valence-corrected chi connectivity index (χ3v) is 8.30. The maximum absolute atomic E-state index is 13.4. The van der Waals surface area contributed by atoms with Crippen molar-refractivity contribution < 1.29 is 4.79 Å². The van der Waals surface area contributed by atoms with Gasteiger partial charge in [0.15, 0.2) is 0 Å². The molecule has 1 saturated heterocycles. The highest BCUT2D eigenvalue weighted by atomic mass is 35.5. The van der Waals surface area contributed by atoms with E-state index in [0.29, 0.717) is 15.6 Å². The second-order valence-electron chi connectivity index (χ2n) is 9.44. The number of aromatic nitrogens is 2.